The van der Waals surface area contributed by atoms with Crippen molar-refractivity contribution < 1.29 is 37.3 Å². The van der Waals surface area contributed by atoms with Crippen molar-refractivity contribution in [1.29, 1.82) is 0 Å². The van der Waals surface area contributed by atoms with E-state index in [0.29, 0.717) is 17.4 Å². The third kappa shape index (κ3) is 51.9. The van der Waals surface area contributed by atoms with Gasteiger partial charge >= 0.3 is 13.8 Å². The van der Waals surface area contributed by atoms with Gasteiger partial charge in [-0.15, -0.1) is 0 Å². The molecule has 410 valence electrons. The van der Waals surface area contributed by atoms with Crippen molar-refractivity contribution in [1.82, 2.24) is 5.32 Å². The number of rotatable bonds is 51. The first-order valence-electron chi connectivity index (χ1n) is 28.9. The number of hydrogen-bond donors (Lipinski definition) is 2. The number of phosphoric acid groups is 1. The van der Waals surface area contributed by atoms with E-state index in [1.54, 1.807) is 0 Å². The number of quaternary nitrogens is 1. The van der Waals surface area contributed by atoms with E-state index in [2.05, 4.69) is 99.0 Å². The molecular formula is C61H110N2O7P+. The van der Waals surface area contributed by atoms with Crippen LogP contribution in [0.15, 0.2) is 85.1 Å². The van der Waals surface area contributed by atoms with Crippen LogP contribution in [0.3, 0.4) is 0 Å². The van der Waals surface area contributed by atoms with Crippen molar-refractivity contribution in [3.8, 4) is 0 Å². The fourth-order valence-corrected chi connectivity index (χ4v) is 8.58. The van der Waals surface area contributed by atoms with Gasteiger partial charge in [0.2, 0.25) is 5.91 Å². The molecule has 0 saturated carbocycles. The predicted octanol–water partition coefficient (Wildman–Crippen LogP) is 17.4. The van der Waals surface area contributed by atoms with Crippen LogP contribution in [0.4, 0.5) is 0 Å². The number of likely N-dealkylation sites (N-methyl/N-ethyl adjacent to an activating group) is 1. The summed E-state index contributed by atoms with van der Waals surface area (Å²) in [5.74, 6) is -0.552. The second kappa shape index (κ2) is 50.7. The topological polar surface area (TPSA) is 111 Å². The molecule has 9 nitrogen and oxygen atoms in total. The number of ether oxygens (including phenoxy) is 1. The van der Waals surface area contributed by atoms with E-state index in [9.17, 15) is 19.0 Å². The fourth-order valence-electron chi connectivity index (χ4n) is 7.84. The van der Waals surface area contributed by atoms with Gasteiger partial charge in [0.15, 0.2) is 0 Å². The monoisotopic (exact) mass is 1010 g/mol. The van der Waals surface area contributed by atoms with Crippen molar-refractivity contribution in [2.45, 2.75) is 251 Å². The average molecular weight is 1010 g/mol. The van der Waals surface area contributed by atoms with Crippen molar-refractivity contribution >= 4 is 19.7 Å². The van der Waals surface area contributed by atoms with E-state index in [1.807, 2.05) is 33.3 Å². The summed E-state index contributed by atoms with van der Waals surface area (Å²) in [6.07, 6.45) is 65.8. The molecule has 0 heterocycles. The van der Waals surface area contributed by atoms with Gasteiger partial charge in [-0.25, -0.2) is 4.57 Å². The molecule has 71 heavy (non-hydrogen) atoms. The standard InChI is InChI=1S/C61H109N2O7P/c1-7-10-13-16-19-22-25-27-29-30-31-32-34-35-38-41-44-47-50-53-60(64)62-58(57-69-71(66,67)68-56-55-63(4,5)6)59(52-49-46-43-40-37-24-21-18-15-12-9-3)70-61(65)54-51-48-45-42-39-36-33-28-26-23-20-17-14-11-8-2/h10,13,19,22-23,26-27,29,31-32,35,38,49,52,58-59H,7-9,11-12,14-18,20-21,24-25,28,30,33-34,36-37,39-48,50-51,53-57H2,1-6H3,(H-,62,64,66,67)/p+1/b13-10-,22-19-,26-23-,29-27-,32-31-,38-35-,52-49-. The Morgan fingerprint density at radius 2 is 0.901 bits per heavy atom. The normalized spacial score (nSPS) is 14.4. The van der Waals surface area contributed by atoms with Gasteiger partial charge in [-0.2, -0.15) is 0 Å². The summed E-state index contributed by atoms with van der Waals surface area (Å²) in [5, 5.41) is 3.03. The minimum Gasteiger partial charge on any atom is -0.456 e. The zero-order valence-corrected chi connectivity index (χ0v) is 47.6. The van der Waals surface area contributed by atoms with Crippen LogP contribution in [0.25, 0.3) is 0 Å². The smallest absolute Gasteiger partial charge is 0.456 e. The van der Waals surface area contributed by atoms with Crippen LogP contribution in [0, 0.1) is 0 Å². The molecule has 0 aromatic rings. The Hall–Kier alpha value is -2.81. The quantitative estimate of drug-likeness (QED) is 0.0205. The van der Waals surface area contributed by atoms with Crippen LogP contribution < -0.4 is 5.32 Å². The molecule has 0 spiro atoms. The Balaban J connectivity index is 5.37. The van der Waals surface area contributed by atoms with E-state index >= 15 is 0 Å². The highest BCUT2D eigenvalue weighted by atomic mass is 31.2. The molecule has 0 rings (SSSR count). The number of carbonyl (C=O) groups excluding carboxylic acids is 2. The van der Waals surface area contributed by atoms with E-state index in [0.717, 1.165) is 103 Å². The van der Waals surface area contributed by atoms with Crippen molar-refractivity contribution in [3.05, 3.63) is 85.1 Å². The zero-order chi connectivity index (χ0) is 52.2. The third-order valence-corrected chi connectivity index (χ3v) is 13.3. The molecule has 2 N–H and O–H groups in total. The van der Waals surface area contributed by atoms with Gasteiger partial charge in [-0.1, -0.05) is 209 Å². The minimum atomic E-state index is -4.46. The lowest BCUT2D eigenvalue weighted by molar-refractivity contribution is -0.870. The number of allylic oxidation sites excluding steroid dienone is 13. The number of carbonyl (C=O) groups is 2. The molecule has 10 heteroatoms. The van der Waals surface area contributed by atoms with Crippen LogP contribution in [0.2, 0.25) is 0 Å². The highest BCUT2D eigenvalue weighted by molar-refractivity contribution is 7.47. The van der Waals surface area contributed by atoms with E-state index in [1.165, 1.54) is 96.3 Å². The fraction of sp³-hybridized carbons (Fsp3) is 0.738. The first-order chi connectivity index (χ1) is 34.4. The van der Waals surface area contributed by atoms with Gasteiger partial charge in [0.1, 0.15) is 19.3 Å². The number of nitrogens with one attached hydrogen (secondary N) is 1. The molecule has 1 amide bonds. The molecule has 0 aromatic heterocycles. The number of amides is 1. The lowest BCUT2D eigenvalue weighted by Gasteiger charge is -2.27. The lowest BCUT2D eigenvalue weighted by Crippen LogP contribution is -2.47. The second-order valence-corrected chi connectivity index (χ2v) is 21.9. The van der Waals surface area contributed by atoms with Gasteiger partial charge in [-0.05, 0) is 102 Å². The molecule has 0 aliphatic rings. The van der Waals surface area contributed by atoms with E-state index < -0.39 is 20.0 Å². The average Bonchev–Trinajstić information content (AvgIpc) is 3.33. The predicted molar refractivity (Wildman–Crippen MR) is 304 cm³/mol. The summed E-state index contributed by atoms with van der Waals surface area (Å²) >= 11 is 0. The van der Waals surface area contributed by atoms with E-state index in [-0.39, 0.29) is 37.9 Å². The van der Waals surface area contributed by atoms with Crippen LogP contribution in [-0.2, 0) is 27.9 Å². The number of phosphoric ester groups is 1. The molecule has 0 saturated heterocycles. The second-order valence-electron chi connectivity index (χ2n) is 20.4. The maximum Gasteiger partial charge on any atom is 0.472 e. The lowest BCUT2D eigenvalue weighted by atomic mass is 10.1. The van der Waals surface area contributed by atoms with Gasteiger partial charge in [0.25, 0.3) is 0 Å². The highest BCUT2D eigenvalue weighted by Gasteiger charge is 2.30. The van der Waals surface area contributed by atoms with Crippen LogP contribution in [-0.4, -0.2) is 74.3 Å². The SMILES string of the molecule is CC/C=C\C/C=C\C/C=C\C/C=C\C/C=C\CCCCCC(=O)NC(COP(=O)(O)OCC[N+](C)(C)C)C(/C=C\CCCCCCCCCCC)OC(=O)CCCCCCCCC/C=C\CCCCCC. The molecule has 0 bridgehead atoms. The Morgan fingerprint density at radius 3 is 1.39 bits per heavy atom. The minimum absolute atomic E-state index is 0.0293. The molecule has 0 aliphatic carbocycles. The Bertz CT molecular complexity index is 1490. The van der Waals surface area contributed by atoms with Crippen LogP contribution >= 0.6 is 7.82 Å². The Labute approximate surface area is 437 Å². The molecular weight excluding hydrogens is 904 g/mol. The van der Waals surface area contributed by atoms with Crippen molar-refractivity contribution in [2.24, 2.45) is 0 Å². The van der Waals surface area contributed by atoms with Gasteiger partial charge in [-0.3, -0.25) is 18.6 Å². The summed E-state index contributed by atoms with van der Waals surface area (Å²) in [4.78, 5) is 37.6. The number of nitrogens with zero attached hydrogens (tertiary/aromatic N) is 1. The maximum atomic E-state index is 13.5. The molecule has 0 aromatic carbocycles. The molecule has 0 aliphatic heterocycles. The van der Waals surface area contributed by atoms with Crippen LogP contribution in [0.1, 0.15) is 239 Å². The highest BCUT2D eigenvalue weighted by Crippen LogP contribution is 2.43. The zero-order valence-electron chi connectivity index (χ0n) is 46.7. The number of esters is 1. The van der Waals surface area contributed by atoms with Crippen LogP contribution in [0.5, 0.6) is 0 Å². The summed E-state index contributed by atoms with van der Waals surface area (Å²) < 4.78 is 30.6. The molecule has 0 fully saturated rings. The van der Waals surface area contributed by atoms with Gasteiger partial charge in [0, 0.05) is 12.8 Å². The molecule has 3 unspecified atom stereocenters. The van der Waals surface area contributed by atoms with Gasteiger partial charge < -0.3 is 19.4 Å². The maximum absolute atomic E-state index is 13.5. The summed E-state index contributed by atoms with van der Waals surface area (Å²) in [7, 11) is 1.46. The third-order valence-electron chi connectivity index (χ3n) is 12.3. The first kappa shape index (κ1) is 68.2. The van der Waals surface area contributed by atoms with Crippen molar-refractivity contribution in [3.63, 3.8) is 0 Å². The largest absolute Gasteiger partial charge is 0.472 e. The van der Waals surface area contributed by atoms with Crippen molar-refractivity contribution in [2.75, 3.05) is 40.9 Å². The summed E-state index contributed by atoms with van der Waals surface area (Å²) in [5.41, 5.74) is 0. The van der Waals surface area contributed by atoms with E-state index in [4.69, 9.17) is 13.8 Å². The Morgan fingerprint density at radius 1 is 0.507 bits per heavy atom. The number of unbranched alkanes of at least 4 members (excludes halogenated alkanes) is 23. The number of hydrogen-bond acceptors (Lipinski definition) is 6. The van der Waals surface area contributed by atoms with Gasteiger partial charge in [0.05, 0.1) is 33.8 Å². The molecule has 3 atom stereocenters. The summed E-state index contributed by atoms with van der Waals surface area (Å²) in [6.45, 7) is 6.84. The first-order valence-corrected chi connectivity index (χ1v) is 30.4. The summed E-state index contributed by atoms with van der Waals surface area (Å²) in [6, 6.07) is -0.870. The Kier molecular flexibility index (Phi) is 48.7. The molecule has 0 radical (unpaired) electrons.